The van der Waals surface area contributed by atoms with E-state index in [1.54, 1.807) is 0 Å². The van der Waals surface area contributed by atoms with Crippen molar-refractivity contribution in [2.24, 2.45) is 0 Å². The Hall–Kier alpha value is -3.73. The van der Waals surface area contributed by atoms with Gasteiger partial charge < -0.3 is 5.11 Å². The molecule has 0 saturated carbocycles. The molecule has 0 heterocycles. The van der Waals surface area contributed by atoms with Crippen LogP contribution in [0.3, 0.4) is 0 Å². The number of benzene rings is 4. The van der Waals surface area contributed by atoms with Crippen LogP contribution in [0.4, 0.5) is 0 Å². The van der Waals surface area contributed by atoms with Crippen LogP contribution in [-0.4, -0.2) is 33.5 Å². The van der Waals surface area contributed by atoms with Gasteiger partial charge in [-0.1, -0.05) is 121 Å². The lowest BCUT2D eigenvalue weighted by atomic mass is 10.1. The van der Waals surface area contributed by atoms with Gasteiger partial charge >= 0.3 is 5.97 Å². The highest BCUT2D eigenvalue weighted by atomic mass is 16.4. The maximum atomic E-state index is 12.5. The zero-order valence-corrected chi connectivity index (χ0v) is 21.3. The van der Waals surface area contributed by atoms with Gasteiger partial charge in [0.1, 0.15) is 6.04 Å². The summed E-state index contributed by atoms with van der Waals surface area (Å²) in [6, 6.07) is 40.7. The highest BCUT2D eigenvalue weighted by molar-refractivity contribution is 5.73. The Bertz CT molecular complexity index is 1100. The average Bonchev–Trinajstić information content (AvgIpc) is 2.93. The van der Waals surface area contributed by atoms with Crippen LogP contribution in [0.15, 0.2) is 121 Å². The van der Waals surface area contributed by atoms with Gasteiger partial charge in [-0.15, -0.1) is 0 Å². The smallest absolute Gasteiger partial charge is 0.320 e. The van der Waals surface area contributed by atoms with Crippen molar-refractivity contribution in [3.05, 3.63) is 144 Å². The first-order chi connectivity index (χ1) is 18.2. The summed E-state index contributed by atoms with van der Waals surface area (Å²) in [6.07, 6.45) is 1.39. The fraction of sp³-hybridized carbons (Fsp3) is 0.242. The van der Waals surface area contributed by atoms with E-state index in [4.69, 9.17) is 0 Å². The molecule has 4 aromatic carbocycles. The number of hydrogen-bond acceptors (Lipinski definition) is 3. The molecule has 0 aromatic heterocycles. The van der Waals surface area contributed by atoms with Crippen LogP contribution in [0.2, 0.25) is 0 Å². The minimum Gasteiger partial charge on any atom is -0.480 e. The van der Waals surface area contributed by atoms with Gasteiger partial charge in [-0.2, -0.15) is 0 Å². The van der Waals surface area contributed by atoms with E-state index in [1.165, 1.54) is 11.1 Å². The van der Waals surface area contributed by atoms with E-state index >= 15 is 0 Å². The van der Waals surface area contributed by atoms with Crippen LogP contribution in [0.25, 0.3) is 0 Å². The molecule has 1 atom stereocenters. The molecule has 0 amide bonds. The molecule has 0 aliphatic heterocycles. The monoisotopic (exact) mass is 492 g/mol. The lowest BCUT2D eigenvalue weighted by Gasteiger charge is -2.30. The number of nitrogens with zero attached hydrogens (tertiary/aromatic N) is 2. The molecule has 4 heteroatoms. The molecule has 0 bridgehead atoms. The highest BCUT2D eigenvalue weighted by Crippen LogP contribution is 2.19. The van der Waals surface area contributed by atoms with E-state index < -0.39 is 12.0 Å². The van der Waals surface area contributed by atoms with Gasteiger partial charge in [0.2, 0.25) is 0 Å². The summed E-state index contributed by atoms with van der Waals surface area (Å²) in [4.78, 5) is 17.0. The maximum Gasteiger partial charge on any atom is 0.320 e. The number of aliphatic carboxylic acids is 1. The normalized spacial score (nSPS) is 12.1. The largest absolute Gasteiger partial charge is 0.480 e. The second kappa shape index (κ2) is 14.1. The van der Waals surface area contributed by atoms with Crippen molar-refractivity contribution < 1.29 is 9.90 Å². The summed E-state index contributed by atoms with van der Waals surface area (Å²) < 4.78 is 0. The summed E-state index contributed by atoms with van der Waals surface area (Å²) >= 11 is 0. The minimum absolute atomic E-state index is 0.560. The molecule has 0 spiro atoms. The van der Waals surface area contributed by atoms with Crippen molar-refractivity contribution in [1.29, 1.82) is 0 Å². The summed E-state index contributed by atoms with van der Waals surface area (Å²) in [7, 11) is 0. The van der Waals surface area contributed by atoms with Crippen LogP contribution in [-0.2, 0) is 31.0 Å². The first-order valence-corrected chi connectivity index (χ1v) is 13.0. The highest BCUT2D eigenvalue weighted by Gasteiger charge is 2.26. The molecular weight excluding hydrogens is 456 g/mol. The predicted octanol–water partition coefficient (Wildman–Crippen LogP) is 6.62. The molecule has 4 rings (SSSR count). The van der Waals surface area contributed by atoms with Crippen LogP contribution >= 0.6 is 0 Å². The quantitative estimate of drug-likeness (QED) is 0.215. The van der Waals surface area contributed by atoms with Crippen molar-refractivity contribution in [2.75, 3.05) is 6.54 Å². The molecule has 4 aromatic rings. The molecule has 0 saturated heterocycles. The molecule has 1 N–H and O–H groups in total. The predicted molar refractivity (Wildman–Crippen MR) is 150 cm³/mol. The molecule has 4 nitrogen and oxygen atoms in total. The number of carboxylic acid groups (broad SMARTS) is 1. The van der Waals surface area contributed by atoms with E-state index in [0.29, 0.717) is 19.5 Å². The number of rotatable bonds is 14. The van der Waals surface area contributed by atoms with Crippen molar-refractivity contribution in [3.8, 4) is 0 Å². The Morgan fingerprint density at radius 1 is 0.568 bits per heavy atom. The van der Waals surface area contributed by atoms with Crippen molar-refractivity contribution in [3.63, 3.8) is 0 Å². The standard InChI is InChI=1S/C33H36N2O2/c36-33(37)32(35(26-30-18-9-3-10-19-30)27-31-20-11-4-12-21-31)22-13-23-34(24-28-14-5-1-6-15-28)25-29-16-7-2-8-17-29/h1-12,14-21,32H,13,22-27H2,(H,36,37). The molecular formula is C33H36N2O2. The summed E-state index contributed by atoms with van der Waals surface area (Å²) in [5, 5.41) is 10.3. The fourth-order valence-electron chi connectivity index (χ4n) is 4.78. The summed E-state index contributed by atoms with van der Waals surface area (Å²) in [6.45, 7) is 3.71. The Kier molecular flexibility index (Phi) is 10.1. The molecule has 0 aliphatic rings. The first-order valence-electron chi connectivity index (χ1n) is 13.0. The van der Waals surface area contributed by atoms with Gasteiger partial charge in [0.05, 0.1) is 0 Å². The van der Waals surface area contributed by atoms with Crippen molar-refractivity contribution in [1.82, 2.24) is 9.80 Å². The van der Waals surface area contributed by atoms with Gasteiger partial charge in [0, 0.05) is 26.2 Å². The summed E-state index contributed by atoms with van der Waals surface area (Å²) in [5.74, 6) is -0.760. The number of carbonyl (C=O) groups is 1. The lowest BCUT2D eigenvalue weighted by Crippen LogP contribution is -2.41. The number of carboxylic acids is 1. The molecule has 37 heavy (non-hydrogen) atoms. The van der Waals surface area contributed by atoms with Crippen LogP contribution in [0.1, 0.15) is 35.1 Å². The Morgan fingerprint density at radius 3 is 1.27 bits per heavy atom. The Balaban J connectivity index is 1.46. The summed E-state index contributed by atoms with van der Waals surface area (Å²) in [5.41, 5.74) is 4.78. The van der Waals surface area contributed by atoms with Crippen LogP contribution in [0, 0.1) is 0 Å². The average molecular weight is 493 g/mol. The Morgan fingerprint density at radius 2 is 0.919 bits per heavy atom. The van der Waals surface area contributed by atoms with E-state index in [9.17, 15) is 9.90 Å². The van der Waals surface area contributed by atoms with Crippen molar-refractivity contribution >= 4 is 5.97 Å². The third-order valence-electron chi connectivity index (χ3n) is 6.63. The molecule has 1 unspecified atom stereocenters. The zero-order valence-electron chi connectivity index (χ0n) is 21.3. The van der Waals surface area contributed by atoms with E-state index in [1.807, 2.05) is 48.5 Å². The van der Waals surface area contributed by atoms with Crippen LogP contribution in [0.5, 0.6) is 0 Å². The van der Waals surface area contributed by atoms with E-state index in [0.717, 1.165) is 37.2 Å². The topological polar surface area (TPSA) is 43.8 Å². The second-order valence-electron chi connectivity index (χ2n) is 9.55. The fourth-order valence-corrected chi connectivity index (χ4v) is 4.78. The molecule has 190 valence electrons. The molecule has 0 fully saturated rings. The van der Waals surface area contributed by atoms with Gasteiger partial charge in [0.15, 0.2) is 0 Å². The van der Waals surface area contributed by atoms with Gasteiger partial charge in [-0.3, -0.25) is 14.6 Å². The van der Waals surface area contributed by atoms with E-state index in [2.05, 4.69) is 82.6 Å². The molecule has 0 radical (unpaired) electrons. The third kappa shape index (κ3) is 8.71. The first kappa shape index (κ1) is 26.3. The SMILES string of the molecule is O=C(O)C(CCCN(Cc1ccccc1)Cc1ccccc1)N(Cc1ccccc1)Cc1ccccc1. The van der Waals surface area contributed by atoms with Gasteiger partial charge in [-0.25, -0.2) is 0 Å². The maximum absolute atomic E-state index is 12.5. The molecule has 0 aliphatic carbocycles. The second-order valence-corrected chi connectivity index (χ2v) is 9.55. The minimum atomic E-state index is -0.760. The van der Waals surface area contributed by atoms with Gasteiger partial charge in [0.25, 0.3) is 0 Å². The Labute approximate surface area is 220 Å². The van der Waals surface area contributed by atoms with Crippen LogP contribution < -0.4 is 0 Å². The zero-order chi connectivity index (χ0) is 25.7. The number of hydrogen-bond donors (Lipinski definition) is 1. The van der Waals surface area contributed by atoms with Gasteiger partial charge in [-0.05, 0) is 41.6 Å². The lowest BCUT2D eigenvalue weighted by molar-refractivity contribution is -0.144. The third-order valence-corrected chi connectivity index (χ3v) is 6.63. The van der Waals surface area contributed by atoms with E-state index in [-0.39, 0.29) is 0 Å². The van der Waals surface area contributed by atoms with Crippen molar-refractivity contribution in [2.45, 2.75) is 45.1 Å².